The molecule has 3 rings (SSSR count). The Morgan fingerprint density at radius 3 is 3.11 bits per heavy atom. The number of fused-ring (bicyclic) bond motifs is 1. The minimum absolute atomic E-state index is 0.750. The molecule has 1 aliphatic carbocycles. The number of hydrogen-bond acceptors (Lipinski definition) is 3. The summed E-state index contributed by atoms with van der Waals surface area (Å²) < 4.78 is 1.83. The topological polar surface area (TPSA) is 42.2 Å². The third kappa shape index (κ3) is 2.33. The lowest BCUT2D eigenvalue weighted by Crippen LogP contribution is -2.12. The van der Waals surface area contributed by atoms with E-state index in [9.17, 15) is 0 Å². The van der Waals surface area contributed by atoms with Gasteiger partial charge in [0.2, 0.25) is 5.95 Å². The van der Waals surface area contributed by atoms with Gasteiger partial charge in [-0.25, -0.2) is 4.52 Å². The molecule has 1 saturated carbocycles. The van der Waals surface area contributed by atoms with Crippen molar-refractivity contribution >= 4 is 11.6 Å². The summed E-state index contributed by atoms with van der Waals surface area (Å²) in [4.78, 5) is 4.49. The van der Waals surface area contributed by atoms with Gasteiger partial charge in [-0.15, -0.1) is 5.10 Å². The molecule has 18 heavy (non-hydrogen) atoms. The molecule has 2 atom stereocenters. The van der Waals surface area contributed by atoms with Crippen LogP contribution in [0.1, 0.15) is 31.7 Å². The van der Waals surface area contributed by atoms with Crippen LogP contribution in [0.3, 0.4) is 0 Å². The lowest BCUT2D eigenvalue weighted by molar-refractivity contribution is 0.536. The Balaban J connectivity index is 1.67. The molecule has 0 radical (unpaired) electrons. The van der Waals surface area contributed by atoms with Crippen molar-refractivity contribution in [2.24, 2.45) is 11.8 Å². The molecule has 2 aromatic heterocycles. The highest BCUT2D eigenvalue weighted by Crippen LogP contribution is 2.30. The minimum Gasteiger partial charge on any atom is -0.353 e. The number of rotatable bonds is 3. The van der Waals surface area contributed by atoms with E-state index in [1.165, 1.54) is 24.8 Å². The quantitative estimate of drug-likeness (QED) is 0.902. The number of aromatic nitrogens is 3. The van der Waals surface area contributed by atoms with Gasteiger partial charge in [0.15, 0.2) is 5.65 Å². The fourth-order valence-corrected chi connectivity index (χ4v) is 2.80. The highest BCUT2D eigenvalue weighted by atomic mass is 15.3. The van der Waals surface area contributed by atoms with E-state index in [2.05, 4.69) is 35.3 Å². The zero-order valence-corrected chi connectivity index (χ0v) is 11.1. The Morgan fingerprint density at radius 1 is 1.44 bits per heavy atom. The number of nitrogens with zero attached hydrogens (tertiary/aromatic N) is 3. The Kier molecular flexibility index (Phi) is 2.94. The van der Waals surface area contributed by atoms with Crippen molar-refractivity contribution < 1.29 is 0 Å². The molecule has 0 spiro atoms. The molecule has 0 amide bonds. The fourth-order valence-electron chi connectivity index (χ4n) is 2.80. The number of nitrogens with one attached hydrogen (secondary N) is 1. The largest absolute Gasteiger partial charge is 0.353 e. The average Bonchev–Trinajstić information content (AvgIpc) is 2.92. The summed E-state index contributed by atoms with van der Waals surface area (Å²) in [6.07, 6.45) is 5.99. The molecule has 1 aliphatic rings. The monoisotopic (exact) mass is 244 g/mol. The van der Waals surface area contributed by atoms with Gasteiger partial charge < -0.3 is 5.32 Å². The molecule has 2 unspecified atom stereocenters. The number of pyridine rings is 1. The normalized spacial score (nSPS) is 23.7. The molecule has 4 nitrogen and oxygen atoms in total. The summed E-state index contributed by atoms with van der Waals surface area (Å²) in [7, 11) is 0. The van der Waals surface area contributed by atoms with Crippen molar-refractivity contribution in [2.75, 3.05) is 11.9 Å². The van der Waals surface area contributed by atoms with Gasteiger partial charge >= 0.3 is 0 Å². The maximum atomic E-state index is 4.49. The van der Waals surface area contributed by atoms with Crippen LogP contribution in [0, 0.1) is 18.8 Å². The zero-order valence-electron chi connectivity index (χ0n) is 11.1. The summed E-state index contributed by atoms with van der Waals surface area (Å²) in [5, 5.41) is 7.80. The lowest BCUT2D eigenvalue weighted by Gasteiger charge is -2.08. The number of anilines is 1. The van der Waals surface area contributed by atoms with E-state index in [0.29, 0.717) is 0 Å². The van der Waals surface area contributed by atoms with E-state index in [1.807, 2.05) is 16.8 Å². The van der Waals surface area contributed by atoms with Crippen LogP contribution in [-0.4, -0.2) is 21.1 Å². The van der Waals surface area contributed by atoms with E-state index < -0.39 is 0 Å². The second-order valence-corrected chi connectivity index (χ2v) is 5.61. The highest BCUT2D eigenvalue weighted by molar-refractivity contribution is 5.45. The van der Waals surface area contributed by atoms with Crippen LogP contribution >= 0.6 is 0 Å². The van der Waals surface area contributed by atoms with Gasteiger partial charge in [0, 0.05) is 12.7 Å². The molecule has 2 heterocycles. The number of hydrogen-bond donors (Lipinski definition) is 1. The zero-order chi connectivity index (χ0) is 12.5. The molecule has 0 saturated heterocycles. The van der Waals surface area contributed by atoms with Gasteiger partial charge in [-0.3, -0.25) is 0 Å². The predicted molar refractivity (Wildman–Crippen MR) is 72.7 cm³/mol. The Morgan fingerprint density at radius 2 is 2.33 bits per heavy atom. The van der Waals surface area contributed by atoms with Crippen LogP contribution in [0.25, 0.3) is 5.65 Å². The predicted octanol–water partition coefficient (Wildman–Crippen LogP) is 2.89. The second kappa shape index (κ2) is 4.59. The van der Waals surface area contributed by atoms with Crippen molar-refractivity contribution in [1.29, 1.82) is 0 Å². The van der Waals surface area contributed by atoms with E-state index in [4.69, 9.17) is 0 Å². The first-order chi connectivity index (χ1) is 8.70. The average molecular weight is 244 g/mol. The molecule has 0 aliphatic heterocycles. The molecule has 2 aromatic rings. The third-order valence-electron chi connectivity index (χ3n) is 3.85. The van der Waals surface area contributed by atoms with E-state index in [0.717, 1.165) is 30.0 Å². The molecule has 0 aromatic carbocycles. The van der Waals surface area contributed by atoms with Gasteiger partial charge in [-0.2, -0.15) is 4.98 Å². The maximum Gasteiger partial charge on any atom is 0.243 e. The van der Waals surface area contributed by atoms with Crippen molar-refractivity contribution in [3.05, 3.63) is 23.9 Å². The molecule has 4 heteroatoms. The first-order valence-corrected chi connectivity index (χ1v) is 6.77. The molecular formula is C14H20N4. The molecule has 1 fully saturated rings. The summed E-state index contributed by atoms with van der Waals surface area (Å²) in [5.41, 5.74) is 2.13. The van der Waals surface area contributed by atoms with E-state index >= 15 is 0 Å². The van der Waals surface area contributed by atoms with E-state index in [1.54, 1.807) is 0 Å². The lowest BCUT2D eigenvalue weighted by atomic mass is 10.1. The van der Waals surface area contributed by atoms with Gasteiger partial charge in [-0.1, -0.05) is 13.3 Å². The van der Waals surface area contributed by atoms with Crippen LogP contribution in [0.4, 0.5) is 5.95 Å². The number of aryl methyl sites for hydroxylation is 1. The van der Waals surface area contributed by atoms with Crippen molar-refractivity contribution in [3.63, 3.8) is 0 Å². The van der Waals surface area contributed by atoms with Crippen LogP contribution < -0.4 is 5.32 Å². The minimum atomic E-state index is 0.750. The standard InChI is InChI=1S/C14H20N4/c1-10-3-4-12(7-10)9-15-14-16-13-8-11(2)5-6-18(13)17-14/h5-6,8,10,12H,3-4,7,9H2,1-2H3,(H,15,17). The molecule has 0 bridgehead atoms. The van der Waals surface area contributed by atoms with Gasteiger partial charge in [0.05, 0.1) is 0 Å². The maximum absolute atomic E-state index is 4.49. The Hall–Kier alpha value is -1.58. The molecular weight excluding hydrogens is 224 g/mol. The highest BCUT2D eigenvalue weighted by Gasteiger charge is 2.21. The van der Waals surface area contributed by atoms with Crippen LogP contribution in [0.2, 0.25) is 0 Å². The Labute approximate surface area is 107 Å². The van der Waals surface area contributed by atoms with Crippen LogP contribution in [0.5, 0.6) is 0 Å². The summed E-state index contributed by atoms with van der Waals surface area (Å²) in [6.45, 7) is 5.41. The first kappa shape index (κ1) is 11.5. The third-order valence-corrected chi connectivity index (χ3v) is 3.85. The van der Waals surface area contributed by atoms with Gasteiger partial charge in [-0.05, 0) is 49.3 Å². The Bertz CT molecular complexity index is 546. The van der Waals surface area contributed by atoms with Crippen LogP contribution in [0.15, 0.2) is 18.3 Å². The second-order valence-electron chi connectivity index (χ2n) is 5.61. The van der Waals surface area contributed by atoms with Gasteiger partial charge in [0.25, 0.3) is 0 Å². The molecule has 96 valence electrons. The summed E-state index contributed by atoms with van der Waals surface area (Å²) in [6, 6.07) is 4.10. The van der Waals surface area contributed by atoms with Crippen molar-refractivity contribution in [1.82, 2.24) is 14.6 Å². The van der Waals surface area contributed by atoms with E-state index in [-0.39, 0.29) is 0 Å². The summed E-state index contributed by atoms with van der Waals surface area (Å²) in [5.74, 6) is 2.42. The van der Waals surface area contributed by atoms with Crippen molar-refractivity contribution in [3.8, 4) is 0 Å². The SMILES string of the molecule is Cc1ccn2nc(NCC3CCC(C)C3)nc2c1. The van der Waals surface area contributed by atoms with Gasteiger partial charge in [0.1, 0.15) is 0 Å². The fraction of sp³-hybridized carbons (Fsp3) is 0.571. The smallest absolute Gasteiger partial charge is 0.243 e. The molecule has 1 N–H and O–H groups in total. The first-order valence-electron chi connectivity index (χ1n) is 6.77. The van der Waals surface area contributed by atoms with Crippen molar-refractivity contribution in [2.45, 2.75) is 33.1 Å². The van der Waals surface area contributed by atoms with Crippen LogP contribution in [-0.2, 0) is 0 Å². The summed E-state index contributed by atoms with van der Waals surface area (Å²) >= 11 is 0.